The van der Waals surface area contributed by atoms with E-state index in [2.05, 4.69) is 46.8 Å². The molecule has 1 aromatic carbocycles. The van der Waals surface area contributed by atoms with Gasteiger partial charge in [-0.1, -0.05) is 25.5 Å². The van der Waals surface area contributed by atoms with Gasteiger partial charge in [0.1, 0.15) is 5.75 Å². The normalized spacial score (nSPS) is 21.8. The highest BCUT2D eigenvalue weighted by molar-refractivity contribution is 14.0. The predicted octanol–water partition coefficient (Wildman–Crippen LogP) is 3.16. The lowest BCUT2D eigenvalue weighted by Crippen LogP contribution is -2.48. The molecule has 0 aromatic heterocycles. The molecule has 2 N–H and O–H groups in total. The monoisotopic (exact) mass is 536 g/mol. The number of hydrogen-bond acceptors (Lipinski definition) is 4. The first-order chi connectivity index (χ1) is 13.5. The van der Waals surface area contributed by atoms with Crippen molar-refractivity contribution in [3.05, 3.63) is 29.8 Å². The Morgan fingerprint density at radius 1 is 1.31 bits per heavy atom. The summed E-state index contributed by atoms with van der Waals surface area (Å²) in [4.78, 5) is 6.60. The van der Waals surface area contributed by atoms with Crippen LogP contribution in [0.4, 0.5) is 0 Å². The third-order valence-electron chi connectivity index (χ3n) is 5.43. The van der Waals surface area contributed by atoms with E-state index in [4.69, 9.17) is 4.74 Å². The van der Waals surface area contributed by atoms with Gasteiger partial charge in [-0.2, -0.15) is 0 Å². The summed E-state index contributed by atoms with van der Waals surface area (Å²) in [5.41, 5.74) is 1.23. The van der Waals surface area contributed by atoms with Crippen molar-refractivity contribution >= 4 is 40.7 Å². The van der Waals surface area contributed by atoms with Crippen molar-refractivity contribution < 1.29 is 8.95 Å². The number of likely N-dealkylation sites (N-methyl/N-ethyl adjacent to an activating group) is 1. The average molecular weight is 537 g/mol. The Bertz CT molecular complexity index is 655. The molecule has 0 bridgehead atoms. The standard InChI is InChI=1S/C21H36N4O2S.HI/c1-6-28(26)19-9-7-8-17(14-19)24-21(22-2)23-15-20(25(3)4)16-10-12-18(27-5)13-11-16;/h10-13,17,19-20H,6-9,14-15H2,1-5H3,(H2,22,23,24);1H. The van der Waals surface area contributed by atoms with Gasteiger partial charge >= 0.3 is 0 Å². The van der Waals surface area contributed by atoms with Crippen LogP contribution >= 0.6 is 24.0 Å². The van der Waals surface area contributed by atoms with Crippen LogP contribution in [0, 0.1) is 0 Å². The van der Waals surface area contributed by atoms with Crippen LogP contribution in [0.5, 0.6) is 5.75 Å². The van der Waals surface area contributed by atoms with E-state index in [1.807, 2.05) is 19.1 Å². The molecule has 8 heteroatoms. The van der Waals surface area contributed by atoms with Gasteiger partial charge in [0.05, 0.1) is 13.2 Å². The number of rotatable bonds is 8. The molecular formula is C21H37IN4O2S. The van der Waals surface area contributed by atoms with Crippen LogP contribution < -0.4 is 15.4 Å². The van der Waals surface area contributed by atoms with Gasteiger partial charge in [0.25, 0.3) is 0 Å². The fraction of sp³-hybridized carbons (Fsp3) is 0.667. The average Bonchev–Trinajstić information content (AvgIpc) is 2.72. The van der Waals surface area contributed by atoms with Crippen LogP contribution in [0.3, 0.4) is 0 Å². The summed E-state index contributed by atoms with van der Waals surface area (Å²) in [6, 6.07) is 8.75. The zero-order valence-corrected chi connectivity index (χ0v) is 21.5. The van der Waals surface area contributed by atoms with E-state index in [1.165, 1.54) is 5.56 Å². The summed E-state index contributed by atoms with van der Waals surface area (Å²) in [5, 5.41) is 7.33. The third-order valence-corrected chi connectivity index (χ3v) is 7.17. The summed E-state index contributed by atoms with van der Waals surface area (Å²) in [7, 11) is 6.94. The van der Waals surface area contributed by atoms with Crippen molar-refractivity contribution in [2.75, 3.05) is 40.6 Å². The van der Waals surface area contributed by atoms with Gasteiger partial charge in [-0.25, -0.2) is 0 Å². The highest BCUT2D eigenvalue weighted by atomic mass is 127. The Labute approximate surface area is 195 Å². The minimum atomic E-state index is -0.713. The second-order valence-corrected chi connectivity index (χ2v) is 9.51. The first-order valence-electron chi connectivity index (χ1n) is 10.1. The van der Waals surface area contributed by atoms with Crippen LogP contribution in [0.15, 0.2) is 29.3 Å². The smallest absolute Gasteiger partial charge is 0.191 e. The Kier molecular flexibility index (Phi) is 12.1. The van der Waals surface area contributed by atoms with E-state index in [1.54, 1.807) is 14.2 Å². The van der Waals surface area contributed by atoms with Crippen LogP contribution in [-0.2, 0) is 10.8 Å². The quantitative estimate of drug-likeness (QED) is 0.304. The molecular weight excluding hydrogens is 499 g/mol. The van der Waals surface area contributed by atoms with Crippen molar-refractivity contribution in [3.8, 4) is 5.75 Å². The van der Waals surface area contributed by atoms with Crippen LogP contribution in [0.1, 0.15) is 44.2 Å². The lowest BCUT2D eigenvalue weighted by atomic mass is 9.95. The molecule has 4 unspecified atom stereocenters. The largest absolute Gasteiger partial charge is 0.497 e. The lowest BCUT2D eigenvalue weighted by Gasteiger charge is -2.31. The summed E-state index contributed by atoms with van der Waals surface area (Å²) in [6.45, 7) is 2.75. The van der Waals surface area contributed by atoms with Gasteiger partial charge in [0.2, 0.25) is 0 Å². The van der Waals surface area contributed by atoms with Crippen LogP contribution in [0.2, 0.25) is 0 Å². The van der Waals surface area contributed by atoms with Crippen molar-refractivity contribution in [1.82, 2.24) is 15.5 Å². The number of guanidine groups is 1. The molecule has 166 valence electrons. The number of hydrogen-bond donors (Lipinski definition) is 2. The maximum absolute atomic E-state index is 12.2. The molecule has 4 atom stereocenters. The summed E-state index contributed by atoms with van der Waals surface area (Å²) >= 11 is 0. The Morgan fingerprint density at radius 2 is 2.00 bits per heavy atom. The van der Waals surface area contributed by atoms with Crippen molar-refractivity contribution in [2.24, 2.45) is 4.99 Å². The molecule has 0 spiro atoms. The van der Waals surface area contributed by atoms with Gasteiger partial charge in [-0.15, -0.1) is 24.0 Å². The first-order valence-corrected chi connectivity index (χ1v) is 11.5. The second kappa shape index (κ2) is 13.4. The minimum absolute atomic E-state index is 0. The molecule has 1 aliphatic carbocycles. The molecule has 1 fully saturated rings. The number of halogens is 1. The zero-order valence-electron chi connectivity index (χ0n) is 18.3. The number of ether oxygens (including phenoxy) is 1. The Morgan fingerprint density at radius 3 is 2.55 bits per heavy atom. The van der Waals surface area contributed by atoms with Crippen LogP contribution in [-0.4, -0.2) is 66.9 Å². The topological polar surface area (TPSA) is 66.0 Å². The Balaban J connectivity index is 0.00000420. The predicted molar refractivity (Wildman–Crippen MR) is 134 cm³/mol. The van der Waals surface area contributed by atoms with E-state index in [0.717, 1.165) is 49.7 Å². The van der Waals surface area contributed by atoms with Crippen LogP contribution in [0.25, 0.3) is 0 Å². The molecule has 0 amide bonds. The van der Waals surface area contributed by atoms with Crippen molar-refractivity contribution in [3.63, 3.8) is 0 Å². The summed E-state index contributed by atoms with van der Waals surface area (Å²) < 4.78 is 17.4. The second-order valence-electron chi connectivity index (χ2n) is 7.50. The molecule has 0 saturated heterocycles. The number of aliphatic imine (C=N–C) groups is 1. The van der Waals surface area contributed by atoms with Gasteiger partial charge in [0.15, 0.2) is 5.96 Å². The highest BCUT2D eigenvalue weighted by Gasteiger charge is 2.26. The van der Waals surface area contributed by atoms with Gasteiger partial charge in [0, 0.05) is 41.4 Å². The minimum Gasteiger partial charge on any atom is -0.497 e. The summed E-state index contributed by atoms with van der Waals surface area (Å²) in [5.74, 6) is 2.42. The van der Waals surface area contributed by atoms with E-state index in [-0.39, 0.29) is 30.0 Å². The summed E-state index contributed by atoms with van der Waals surface area (Å²) in [6.07, 6.45) is 4.26. The van der Waals surface area contributed by atoms with E-state index in [0.29, 0.717) is 11.3 Å². The highest BCUT2D eigenvalue weighted by Crippen LogP contribution is 2.23. The molecule has 6 nitrogen and oxygen atoms in total. The van der Waals surface area contributed by atoms with Gasteiger partial charge < -0.3 is 20.3 Å². The van der Waals surface area contributed by atoms with Crippen molar-refractivity contribution in [1.29, 1.82) is 0 Å². The SMILES string of the molecule is CCS(=O)C1CCCC(NC(=NC)NCC(c2ccc(OC)cc2)N(C)C)C1.I. The molecule has 0 heterocycles. The molecule has 29 heavy (non-hydrogen) atoms. The molecule has 1 aliphatic rings. The maximum Gasteiger partial charge on any atom is 0.191 e. The zero-order chi connectivity index (χ0) is 20.5. The number of nitrogens with one attached hydrogen (secondary N) is 2. The Hall–Kier alpha value is -0.870. The van der Waals surface area contributed by atoms with E-state index < -0.39 is 10.8 Å². The number of nitrogens with zero attached hydrogens (tertiary/aromatic N) is 2. The van der Waals surface area contributed by atoms with Gasteiger partial charge in [-0.05, 0) is 51.1 Å². The lowest BCUT2D eigenvalue weighted by molar-refractivity contribution is 0.297. The van der Waals surface area contributed by atoms with Crippen molar-refractivity contribution in [2.45, 2.75) is 49.9 Å². The molecule has 0 radical (unpaired) electrons. The first kappa shape index (κ1) is 26.2. The molecule has 2 rings (SSSR count). The number of benzene rings is 1. The molecule has 0 aliphatic heterocycles. The van der Waals surface area contributed by atoms with Gasteiger partial charge in [-0.3, -0.25) is 9.20 Å². The fourth-order valence-corrected chi connectivity index (χ4v) is 5.10. The molecule has 1 saturated carbocycles. The molecule has 1 aromatic rings. The van der Waals surface area contributed by atoms with E-state index >= 15 is 0 Å². The fourth-order valence-electron chi connectivity index (χ4n) is 3.76. The third kappa shape index (κ3) is 8.05. The van der Waals surface area contributed by atoms with E-state index in [9.17, 15) is 4.21 Å². The maximum atomic E-state index is 12.2. The number of methoxy groups -OCH3 is 1.